The zero-order valence-corrected chi connectivity index (χ0v) is 26.7. The van der Waals surface area contributed by atoms with E-state index in [0.717, 1.165) is 17.7 Å². The molecule has 0 aliphatic carbocycles. The number of thiazole rings is 1. The molecule has 3 aromatic carbocycles. The summed E-state index contributed by atoms with van der Waals surface area (Å²) in [6, 6.07) is 18.3. The average molecular weight is 664 g/mol. The standard InChI is InChI=1S/C32H28F2N5O5PS/c1-21(30-38-28(16-46-30)23-10-8-22(15-35)9-11-23)32(17-39-19-36-18-37-39,26-13-12-24(33)14-27(26)34)43-20-42-31(40)25-6-4-5-7-29(25)44-45(2,3)41/h4-14,16,18-19,21H,17,20H2,1-3H3. The average Bonchev–Trinajstić information content (AvgIpc) is 3.73. The molecular formula is C32H28F2N5O5PS. The van der Waals surface area contributed by atoms with Crippen LogP contribution in [0.25, 0.3) is 11.3 Å². The number of nitriles is 1. The van der Waals surface area contributed by atoms with Gasteiger partial charge in [-0.3, -0.25) is 4.57 Å². The molecule has 0 saturated heterocycles. The molecule has 0 bridgehead atoms. The minimum atomic E-state index is -3.01. The Kier molecular flexibility index (Phi) is 9.72. The molecule has 0 radical (unpaired) electrons. The van der Waals surface area contributed by atoms with Gasteiger partial charge in [-0.15, -0.1) is 11.3 Å². The van der Waals surface area contributed by atoms with E-state index in [0.29, 0.717) is 16.3 Å². The summed E-state index contributed by atoms with van der Waals surface area (Å²) in [5.41, 5.74) is 0.237. The summed E-state index contributed by atoms with van der Waals surface area (Å²) in [7, 11) is -3.01. The summed E-state index contributed by atoms with van der Waals surface area (Å²) in [5, 5.41) is 15.7. The topological polar surface area (TPSA) is 129 Å². The van der Waals surface area contributed by atoms with Crippen molar-refractivity contribution in [2.45, 2.75) is 25.0 Å². The second-order valence-corrected chi connectivity index (χ2v) is 14.2. The van der Waals surface area contributed by atoms with E-state index >= 15 is 4.39 Å². The van der Waals surface area contributed by atoms with Gasteiger partial charge in [0.05, 0.1) is 28.9 Å². The van der Waals surface area contributed by atoms with Gasteiger partial charge in [-0.1, -0.05) is 37.3 Å². The lowest BCUT2D eigenvalue weighted by Crippen LogP contribution is -2.42. The number of halogens is 2. The van der Waals surface area contributed by atoms with Crippen molar-refractivity contribution >= 4 is 24.7 Å². The van der Waals surface area contributed by atoms with Crippen LogP contribution in [0.2, 0.25) is 0 Å². The Morgan fingerprint density at radius 1 is 1.13 bits per heavy atom. The molecule has 5 rings (SSSR count). The Bertz CT molecular complexity index is 1920. The van der Waals surface area contributed by atoms with Gasteiger partial charge in [-0.2, -0.15) is 10.4 Å². The molecule has 2 heterocycles. The largest absolute Gasteiger partial charge is 0.442 e. The molecule has 46 heavy (non-hydrogen) atoms. The number of hydrogen-bond donors (Lipinski definition) is 0. The van der Waals surface area contributed by atoms with Crippen LogP contribution in [0.4, 0.5) is 8.78 Å². The van der Waals surface area contributed by atoms with Crippen LogP contribution in [0.5, 0.6) is 5.75 Å². The van der Waals surface area contributed by atoms with E-state index in [1.165, 1.54) is 60.2 Å². The predicted octanol–water partition coefficient (Wildman–Crippen LogP) is 7.00. The third-order valence-corrected chi connectivity index (χ3v) is 8.75. The van der Waals surface area contributed by atoms with Gasteiger partial charge in [0.15, 0.2) is 6.79 Å². The van der Waals surface area contributed by atoms with Gasteiger partial charge in [0, 0.05) is 41.8 Å². The first-order chi connectivity index (χ1) is 22.0. The summed E-state index contributed by atoms with van der Waals surface area (Å²) in [6.45, 7) is 3.83. The van der Waals surface area contributed by atoms with E-state index < -0.39 is 43.3 Å². The predicted molar refractivity (Wildman–Crippen MR) is 167 cm³/mol. The number of nitrogens with zero attached hydrogens (tertiary/aromatic N) is 5. The van der Waals surface area contributed by atoms with Gasteiger partial charge in [-0.25, -0.2) is 28.2 Å². The lowest BCUT2D eigenvalue weighted by Gasteiger charge is -2.38. The first kappa shape index (κ1) is 32.6. The lowest BCUT2D eigenvalue weighted by molar-refractivity contribution is -0.148. The highest BCUT2D eigenvalue weighted by atomic mass is 32.1. The molecule has 2 aromatic heterocycles. The van der Waals surface area contributed by atoms with Gasteiger partial charge >= 0.3 is 5.97 Å². The molecule has 0 N–H and O–H groups in total. The van der Waals surface area contributed by atoms with E-state index in [1.807, 2.05) is 5.38 Å². The van der Waals surface area contributed by atoms with Crippen molar-refractivity contribution in [2.75, 3.05) is 20.1 Å². The van der Waals surface area contributed by atoms with Gasteiger partial charge < -0.3 is 14.0 Å². The van der Waals surface area contributed by atoms with Crippen molar-refractivity contribution in [2.24, 2.45) is 0 Å². The molecule has 236 valence electrons. The number of esters is 1. The second kappa shape index (κ2) is 13.7. The molecule has 2 unspecified atom stereocenters. The van der Waals surface area contributed by atoms with Crippen LogP contribution in [-0.4, -0.2) is 45.8 Å². The number of carbonyl (C=O) groups excluding carboxylic acids is 1. The first-order valence-electron chi connectivity index (χ1n) is 13.9. The second-order valence-electron chi connectivity index (χ2n) is 10.6. The molecule has 10 nitrogen and oxygen atoms in total. The number of carbonyl (C=O) groups is 1. The first-order valence-corrected chi connectivity index (χ1v) is 17.3. The molecule has 5 aromatic rings. The Labute approximate surface area is 267 Å². The zero-order valence-electron chi connectivity index (χ0n) is 25.0. The molecule has 0 spiro atoms. The highest BCUT2D eigenvalue weighted by Crippen LogP contribution is 2.45. The maximum atomic E-state index is 15.7. The van der Waals surface area contributed by atoms with Crippen LogP contribution in [0.1, 0.15) is 39.3 Å². The SMILES string of the molecule is CC(c1nc(-c2ccc(C#N)cc2)cs1)C(Cn1cncn1)(OCOC(=O)c1ccccc1OP(C)(C)=O)c1ccc(F)cc1F. The van der Waals surface area contributed by atoms with Crippen LogP contribution in [0.15, 0.2) is 84.8 Å². The van der Waals surface area contributed by atoms with Crippen molar-refractivity contribution in [3.63, 3.8) is 0 Å². The van der Waals surface area contributed by atoms with Crippen molar-refractivity contribution in [3.05, 3.63) is 118 Å². The molecule has 0 aliphatic rings. The van der Waals surface area contributed by atoms with Crippen LogP contribution in [0, 0.1) is 23.0 Å². The van der Waals surface area contributed by atoms with E-state index in [1.54, 1.807) is 43.3 Å². The molecule has 0 saturated carbocycles. The summed E-state index contributed by atoms with van der Waals surface area (Å²) in [6.07, 6.45) is 2.73. The Balaban J connectivity index is 1.52. The minimum Gasteiger partial charge on any atom is -0.442 e. The Morgan fingerprint density at radius 2 is 1.89 bits per heavy atom. The normalized spacial score (nSPS) is 13.4. The summed E-state index contributed by atoms with van der Waals surface area (Å²) in [4.78, 5) is 22.0. The van der Waals surface area contributed by atoms with Crippen molar-refractivity contribution < 1.29 is 32.1 Å². The Morgan fingerprint density at radius 3 is 2.57 bits per heavy atom. The fourth-order valence-electron chi connectivity index (χ4n) is 4.84. The van der Waals surface area contributed by atoms with Gasteiger partial charge in [0.2, 0.25) is 7.37 Å². The van der Waals surface area contributed by atoms with E-state index in [-0.39, 0.29) is 23.4 Å². The lowest BCUT2D eigenvalue weighted by atomic mass is 9.81. The van der Waals surface area contributed by atoms with Crippen molar-refractivity contribution in [3.8, 4) is 23.1 Å². The fraction of sp³-hybridized carbons (Fsp3) is 0.219. The third-order valence-electron chi connectivity index (χ3n) is 7.08. The third kappa shape index (κ3) is 7.37. The van der Waals surface area contributed by atoms with Gasteiger partial charge in [0.25, 0.3) is 0 Å². The monoisotopic (exact) mass is 663 g/mol. The molecular weight excluding hydrogens is 635 g/mol. The zero-order chi connectivity index (χ0) is 32.9. The summed E-state index contributed by atoms with van der Waals surface area (Å²) >= 11 is 1.30. The van der Waals surface area contributed by atoms with Crippen LogP contribution in [-0.2, 0) is 26.2 Å². The number of hydrogen-bond acceptors (Lipinski definition) is 10. The number of benzene rings is 3. The summed E-state index contributed by atoms with van der Waals surface area (Å²) < 4.78 is 60.9. The van der Waals surface area contributed by atoms with Crippen molar-refractivity contribution in [1.82, 2.24) is 19.7 Å². The molecule has 0 fully saturated rings. The number of ether oxygens (including phenoxy) is 2. The molecule has 0 aliphatic heterocycles. The maximum absolute atomic E-state index is 15.7. The van der Waals surface area contributed by atoms with E-state index in [2.05, 4.69) is 16.2 Å². The van der Waals surface area contributed by atoms with Gasteiger partial charge in [0.1, 0.15) is 41.2 Å². The van der Waals surface area contributed by atoms with Crippen LogP contribution < -0.4 is 4.52 Å². The quantitative estimate of drug-likeness (QED) is 0.0787. The fourth-order valence-corrected chi connectivity index (χ4v) is 6.44. The highest BCUT2D eigenvalue weighted by molar-refractivity contribution is 7.57. The number of rotatable bonds is 12. The van der Waals surface area contributed by atoms with Crippen molar-refractivity contribution in [1.29, 1.82) is 5.26 Å². The minimum absolute atomic E-state index is 0.0184. The van der Waals surface area contributed by atoms with E-state index in [4.69, 9.17) is 24.2 Å². The smallest absolute Gasteiger partial charge is 0.344 e. The maximum Gasteiger partial charge on any atom is 0.344 e. The molecule has 0 amide bonds. The van der Waals surface area contributed by atoms with E-state index in [9.17, 15) is 13.8 Å². The van der Waals surface area contributed by atoms with Crippen LogP contribution in [0.3, 0.4) is 0 Å². The van der Waals surface area contributed by atoms with Gasteiger partial charge in [-0.05, 0) is 30.3 Å². The Hall–Kier alpha value is -4.76. The highest BCUT2D eigenvalue weighted by Gasteiger charge is 2.45. The molecule has 2 atom stereocenters. The number of para-hydroxylation sites is 1. The summed E-state index contributed by atoms with van der Waals surface area (Å²) in [5.74, 6) is -3.14. The number of aromatic nitrogens is 4. The molecule has 14 heteroatoms. The van der Waals surface area contributed by atoms with Crippen LogP contribution >= 0.6 is 18.7 Å².